The second-order valence-electron chi connectivity index (χ2n) is 5.98. The van der Waals surface area contributed by atoms with Gasteiger partial charge in [0.2, 0.25) is 15.9 Å². The zero-order valence-electron chi connectivity index (χ0n) is 34.8. The Morgan fingerprint density at radius 3 is 2.86 bits per heavy atom. The molecule has 0 aliphatic carbocycles. The van der Waals surface area contributed by atoms with Crippen molar-refractivity contribution in [1.82, 2.24) is 9.21 Å². The molecule has 0 aromatic heterocycles. The number of benzene rings is 1. The summed E-state index contributed by atoms with van der Waals surface area (Å²) < 4.78 is 176. The highest BCUT2D eigenvalue weighted by Gasteiger charge is 2.20. The number of anilines is 2. The van der Waals surface area contributed by atoms with Crippen molar-refractivity contribution in [2.24, 2.45) is 5.89 Å². The first-order valence-electron chi connectivity index (χ1n) is 18.3. The van der Waals surface area contributed by atoms with Crippen molar-refractivity contribution in [2.45, 2.75) is 33.5 Å². The van der Waals surface area contributed by atoms with Gasteiger partial charge in [-0.05, 0) is 43.4 Å². The van der Waals surface area contributed by atoms with Crippen LogP contribution in [0.4, 0.5) is 11.4 Å². The summed E-state index contributed by atoms with van der Waals surface area (Å²) in [5.74, 6) is -5.12. The van der Waals surface area contributed by atoms with E-state index in [0.717, 1.165) is 17.9 Å². The molecular formula is C21H36N4O3S. The summed E-state index contributed by atoms with van der Waals surface area (Å²) in [7, 11) is -6.04. The van der Waals surface area contributed by atoms with Crippen LogP contribution in [0.1, 0.15) is 58.1 Å². The largest absolute Gasteiger partial charge is 0.369 e. The van der Waals surface area contributed by atoms with Crippen LogP contribution in [0.15, 0.2) is 24.2 Å². The zero-order valence-corrected chi connectivity index (χ0v) is 16.6. The van der Waals surface area contributed by atoms with E-state index in [-0.39, 0.29) is 24.8 Å². The van der Waals surface area contributed by atoms with Crippen LogP contribution in [0, 0.1) is 5.89 Å². The maximum Gasteiger partial charge on any atom is 0.221 e. The third kappa shape index (κ3) is 7.95. The highest BCUT2D eigenvalue weighted by Crippen LogP contribution is 2.21. The number of rotatable bonds is 10. The molecule has 1 aromatic carbocycles. The lowest BCUT2D eigenvalue weighted by Gasteiger charge is -2.36. The van der Waals surface area contributed by atoms with Crippen LogP contribution in [0.25, 0.3) is 0 Å². The predicted octanol–water partition coefficient (Wildman–Crippen LogP) is 2.46. The molecule has 1 aliphatic heterocycles. The van der Waals surface area contributed by atoms with Crippen LogP contribution < -0.4 is 10.2 Å². The molecule has 1 aromatic rings. The fourth-order valence-electron chi connectivity index (χ4n) is 2.39. The fraction of sp³-hybridized carbons (Fsp3) is 0.667. The van der Waals surface area contributed by atoms with Crippen molar-refractivity contribution in [1.29, 1.82) is 0 Å². The van der Waals surface area contributed by atoms with Gasteiger partial charge in [0.15, 0.2) is 1.41 Å². The van der Waals surface area contributed by atoms with Gasteiger partial charge in [-0.1, -0.05) is 19.8 Å². The lowest BCUT2D eigenvalue weighted by Crippen LogP contribution is -2.46. The van der Waals surface area contributed by atoms with Crippen molar-refractivity contribution < 1.29 is 39.3 Å². The first kappa shape index (κ1) is 8.48. The van der Waals surface area contributed by atoms with Crippen LogP contribution in [-0.2, 0) is 14.8 Å². The summed E-state index contributed by atoms with van der Waals surface area (Å²) in [5.41, 5.74) is -5.06. The monoisotopic (exact) mass is 443 g/mol. The molecule has 1 saturated heterocycles. The minimum atomic E-state index is -6.04. The van der Waals surface area contributed by atoms with Gasteiger partial charge >= 0.3 is 0 Å². The second kappa shape index (κ2) is 10.9. The number of amides is 1. The highest BCUT2D eigenvalue weighted by atomic mass is 32.2. The summed E-state index contributed by atoms with van der Waals surface area (Å²) in [4.78, 5) is 14.1. The average molecular weight is 444 g/mol. The number of hydrogen-bond donors (Lipinski definition) is 1. The van der Waals surface area contributed by atoms with Gasteiger partial charge in [-0.15, -0.1) is 0 Å². The van der Waals surface area contributed by atoms with Crippen molar-refractivity contribution >= 4 is 27.3 Å². The third-order valence-electron chi connectivity index (χ3n) is 3.69. The third-order valence-corrected chi connectivity index (χ3v) is 4.92. The first-order valence-corrected chi connectivity index (χ1v) is 10.0. The molecule has 0 radical (unpaired) electrons. The molecule has 1 heterocycles. The predicted molar refractivity (Wildman–Crippen MR) is 120 cm³/mol. The van der Waals surface area contributed by atoms with Crippen molar-refractivity contribution in [3.8, 4) is 0 Å². The van der Waals surface area contributed by atoms with Gasteiger partial charge in [-0.2, -0.15) is 0 Å². The molecule has 2 rings (SSSR count). The minimum Gasteiger partial charge on any atom is -0.369 e. The SMILES string of the molecule is [2H]c1cc([2H])c(N([2H])C(C)=O)c([2H])c1N1CC([2H])N(C([2H])CCCN(C([2H])([2H])[2H])S(=O)(=O)C([2H])([2H])C([2H])(C([2H])([2H])[2H])C([2H])([2H])[2H])C([2H])C1. The van der Waals surface area contributed by atoms with E-state index in [1.807, 2.05) is 0 Å². The molecule has 0 saturated carbocycles. The molecule has 3 unspecified atom stereocenters. The van der Waals surface area contributed by atoms with E-state index in [4.69, 9.17) is 26.1 Å². The van der Waals surface area contributed by atoms with Gasteiger partial charge < -0.3 is 10.2 Å². The molecule has 0 bridgehead atoms. The Morgan fingerprint density at radius 2 is 2.21 bits per heavy atom. The molecule has 0 spiro atoms. The van der Waals surface area contributed by atoms with Gasteiger partial charge in [0.1, 0.15) is 0 Å². The summed E-state index contributed by atoms with van der Waals surface area (Å²) in [5, 5.41) is 0.310. The van der Waals surface area contributed by atoms with E-state index in [1.165, 1.54) is 4.90 Å². The molecule has 1 N–H and O–H groups in total. The van der Waals surface area contributed by atoms with Gasteiger partial charge in [0.05, 0.1) is 9.82 Å². The zero-order chi connectivity index (χ0) is 37.7. The molecule has 1 aliphatic rings. The van der Waals surface area contributed by atoms with E-state index < -0.39 is 109 Å². The quantitative estimate of drug-likeness (QED) is 0.601. The van der Waals surface area contributed by atoms with E-state index in [1.54, 1.807) is 0 Å². The molecule has 7 nitrogen and oxygen atoms in total. The second-order valence-corrected chi connectivity index (χ2v) is 7.58. The molecular weight excluding hydrogens is 388 g/mol. The molecule has 1 fully saturated rings. The maximum atomic E-state index is 13.3. The summed E-state index contributed by atoms with van der Waals surface area (Å²) in [6.45, 7) is -16.7. The van der Waals surface area contributed by atoms with Gasteiger partial charge in [-0.3, -0.25) is 9.69 Å². The number of piperazine rings is 1. The lowest BCUT2D eigenvalue weighted by molar-refractivity contribution is -0.114. The Morgan fingerprint density at radius 1 is 1.45 bits per heavy atom. The minimum absolute atomic E-state index is 0.164. The molecule has 8 heteroatoms. The van der Waals surface area contributed by atoms with E-state index in [0.29, 0.717) is 5.31 Å². The maximum absolute atomic E-state index is 13.3. The van der Waals surface area contributed by atoms with E-state index in [2.05, 4.69) is 0 Å². The van der Waals surface area contributed by atoms with Crippen LogP contribution in [0.2, 0.25) is 1.41 Å². The normalized spacial score (nSPS) is 33.7. The van der Waals surface area contributed by atoms with Crippen molar-refractivity contribution in [3.05, 3.63) is 24.2 Å². The van der Waals surface area contributed by atoms with Crippen LogP contribution in [-0.4, -0.2) is 75.4 Å². The van der Waals surface area contributed by atoms with Crippen LogP contribution in [0.5, 0.6) is 0 Å². The number of carbonyl (C=O) groups is 1. The van der Waals surface area contributed by atoms with Crippen molar-refractivity contribution in [3.63, 3.8) is 0 Å². The smallest absolute Gasteiger partial charge is 0.221 e. The van der Waals surface area contributed by atoms with Gasteiger partial charge in [-0.25, -0.2) is 12.7 Å². The van der Waals surface area contributed by atoms with E-state index >= 15 is 0 Å². The molecule has 29 heavy (non-hydrogen) atoms. The Balaban J connectivity index is 2.32. The number of nitrogens with one attached hydrogen (secondary N) is 1. The first-order chi connectivity index (χ1) is 21.4. The molecule has 3 atom stereocenters. The van der Waals surface area contributed by atoms with Gasteiger partial charge in [0, 0.05) is 78.5 Å². The lowest BCUT2D eigenvalue weighted by atomic mass is 10.2. The Kier molecular flexibility index (Phi) is 3.20. The Bertz CT molecular complexity index is 1430. The highest BCUT2D eigenvalue weighted by molar-refractivity contribution is 7.89. The van der Waals surface area contributed by atoms with Crippen LogP contribution in [0.3, 0.4) is 0 Å². The topological polar surface area (TPSA) is 73.0 Å². The fourth-order valence-corrected chi connectivity index (χ4v) is 3.13. The number of sulfonamides is 1. The summed E-state index contributed by atoms with van der Waals surface area (Å²) in [6, 6.07) is -0.327. The van der Waals surface area contributed by atoms with Gasteiger partial charge in [0.25, 0.3) is 0 Å². The number of nitrogens with zero attached hydrogens (tertiary/aromatic N) is 3. The van der Waals surface area contributed by atoms with Crippen LogP contribution >= 0.6 is 0 Å². The Labute approximate surface area is 202 Å². The summed E-state index contributed by atoms with van der Waals surface area (Å²) in [6.07, 6.45) is -0.946. The van der Waals surface area contributed by atoms with Crippen molar-refractivity contribution in [2.75, 3.05) is 62.1 Å². The van der Waals surface area contributed by atoms with E-state index in [9.17, 15) is 13.2 Å². The average Bonchev–Trinajstić information content (AvgIpc) is 2.87. The summed E-state index contributed by atoms with van der Waals surface area (Å²) >= 11 is 0. The Hall–Kier alpha value is -1.64. The molecule has 1 amide bonds. The standard InChI is InChI=1S/C21H36N4O3S/c1-18(2)17-29(27,28)23(4)10-5-6-11-24-12-14-25(15-13-24)21-9-7-8-20(16-21)22-19(3)26/h7-9,16,18H,5-6,10-15,17H2,1-4H3,(H,22,26)/i1D3,2D3,4D3,8D,9D,11D,12D,13D,16D,17D2,18D/hD. The number of carbonyl (C=O) groups excluding carboxylic acids is 1. The number of hydrogen-bond acceptors (Lipinski definition) is 5. The molecule has 164 valence electrons.